The van der Waals surface area contributed by atoms with Crippen molar-refractivity contribution in [2.75, 3.05) is 40.4 Å². The quantitative estimate of drug-likeness (QED) is 0.355. The van der Waals surface area contributed by atoms with Gasteiger partial charge in [-0.2, -0.15) is 0 Å². The van der Waals surface area contributed by atoms with Crippen LogP contribution in [0.2, 0.25) is 0 Å². The van der Waals surface area contributed by atoms with Crippen LogP contribution in [-0.2, 0) is 4.74 Å². The number of nitrogens with one attached hydrogen (secondary N) is 1. The molecule has 1 N–H and O–H groups in total. The Morgan fingerprint density at radius 3 is 2.88 bits per heavy atom. The van der Waals surface area contributed by atoms with E-state index >= 15 is 0 Å². The first-order chi connectivity index (χ1) is 7.81. The van der Waals surface area contributed by atoms with Gasteiger partial charge in [-0.3, -0.25) is 4.99 Å². The Morgan fingerprint density at radius 2 is 2.29 bits per heavy atom. The van der Waals surface area contributed by atoms with Crippen LogP contribution in [0, 0.1) is 5.92 Å². The summed E-state index contributed by atoms with van der Waals surface area (Å²) in [5.41, 5.74) is 0. The van der Waals surface area contributed by atoms with E-state index in [2.05, 4.69) is 22.1 Å². The fourth-order valence-corrected chi connectivity index (χ4v) is 2.11. The number of halogens is 1. The van der Waals surface area contributed by atoms with Crippen molar-refractivity contribution in [3.05, 3.63) is 0 Å². The van der Waals surface area contributed by atoms with Gasteiger partial charge >= 0.3 is 0 Å². The maximum Gasteiger partial charge on any atom is 0.193 e. The van der Waals surface area contributed by atoms with Crippen molar-refractivity contribution in [3.8, 4) is 0 Å². The summed E-state index contributed by atoms with van der Waals surface area (Å²) >= 11 is 0. The van der Waals surface area contributed by atoms with Gasteiger partial charge in [-0.1, -0.05) is 13.3 Å². The van der Waals surface area contributed by atoms with Crippen LogP contribution >= 0.6 is 24.0 Å². The van der Waals surface area contributed by atoms with E-state index in [-0.39, 0.29) is 24.0 Å². The highest BCUT2D eigenvalue weighted by Crippen LogP contribution is 2.16. The van der Waals surface area contributed by atoms with Crippen molar-refractivity contribution in [2.45, 2.75) is 26.2 Å². The molecule has 1 saturated heterocycles. The Kier molecular flexibility index (Phi) is 9.91. The molecule has 1 heterocycles. The monoisotopic (exact) mass is 355 g/mol. The van der Waals surface area contributed by atoms with Crippen molar-refractivity contribution < 1.29 is 4.74 Å². The average Bonchev–Trinajstić information content (AvgIpc) is 2.74. The smallest absolute Gasteiger partial charge is 0.193 e. The van der Waals surface area contributed by atoms with Gasteiger partial charge < -0.3 is 15.0 Å². The van der Waals surface area contributed by atoms with Crippen molar-refractivity contribution in [3.63, 3.8) is 0 Å². The molecule has 1 aliphatic heterocycles. The summed E-state index contributed by atoms with van der Waals surface area (Å²) in [6.07, 6.45) is 3.63. The SMILES string of the molecule is CCCCNC(=NC)N1CCC(COC)C1.I. The zero-order valence-electron chi connectivity index (χ0n) is 11.2. The molecule has 4 nitrogen and oxygen atoms in total. The first-order valence-electron chi connectivity index (χ1n) is 6.26. The second-order valence-electron chi connectivity index (χ2n) is 4.38. The summed E-state index contributed by atoms with van der Waals surface area (Å²) in [6.45, 7) is 6.26. The second kappa shape index (κ2) is 9.94. The number of hydrogen-bond acceptors (Lipinski definition) is 2. The highest BCUT2D eigenvalue weighted by molar-refractivity contribution is 14.0. The molecule has 0 aliphatic carbocycles. The van der Waals surface area contributed by atoms with Gasteiger partial charge in [0.15, 0.2) is 5.96 Å². The molecule has 102 valence electrons. The van der Waals surface area contributed by atoms with Crippen LogP contribution in [0.15, 0.2) is 4.99 Å². The third-order valence-electron chi connectivity index (χ3n) is 3.01. The average molecular weight is 355 g/mol. The highest BCUT2D eigenvalue weighted by Gasteiger charge is 2.24. The molecule has 5 heteroatoms. The first-order valence-corrected chi connectivity index (χ1v) is 6.26. The van der Waals surface area contributed by atoms with Crippen LogP contribution in [-0.4, -0.2) is 51.3 Å². The second-order valence-corrected chi connectivity index (χ2v) is 4.38. The van der Waals surface area contributed by atoms with Crippen molar-refractivity contribution in [2.24, 2.45) is 10.9 Å². The summed E-state index contributed by atoms with van der Waals surface area (Å²) in [5.74, 6) is 1.71. The summed E-state index contributed by atoms with van der Waals surface area (Å²) in [4.78, 5) is 6.66. The number of likely N-dealkylation sites (tertiary alicyclic amines) is 1. The maximum absolute atomic E-state index is 5.20. The molecular formula is C12H26IN3O. The minimum absolute atomic E-state index is 0. The molecule has 17 heavy (non-hydrogen) atoms. The van der Waals surface area contributed by atoms with E-state index in [0.29, 0.717) is 5.92 Å². The van der Waals surface area contributed by atoms with Crippen LogP contribution < -0.4 is 5.32 Å². The lowest BCUT2D eigenvalue weighted by Crippen LogP contribution is -2.40. The number of guanidine groups is 1. The van der Waals surface area contributed by atoms with E-state index in [9.17, 15) is 0 Å². The van der Waals surface area contributed by atoms with E-state index in [1.165, 1.54) is 19.3 Å². The zero-order chi connectivity index (χ0) is 11.8. The summed E-state index contributed by atoms with van der Waals surface area (Å²) in [6, 6.07) is 0. The van der Waals surface area contributed by atoms with E-state index in [1.807, 2.05) is 7.05 Å². The van der Waals surface area contributed by atoms with Crippen LogP contribution in [0.25, 0.3) is 0 Å². The largest absolute Gasteiger partial charge is 0.384 e. The molecule has 1 rings (SSSR count). The van der Waals surface area contributed by atoms with E-state index in [4.69, 9.17) is 4.74 Å². The minimum Gasteiger partial charge on any atom is -0.384 e. The maximum atomic E-state index is 5.20. The Balaban J connectivity index is 0.00000256. The third-order valence-corrected chi connectivity index (χ3v) is 3.01. The number of rotatable bonds is 5. The van der Waals surface area contributed by atoms with E-state index < -0.39 is 0 Å². The van der Waals surface area contributed by atoms with Gasteiger partial charge in [0.2, 0.25) is 0 Å². The molecule has 0 aromatic carbocycles. The molecular weight excluding hydrogens is 329 g/mol. The number of nitrogens with zero attached hydrogens (tertiary/aromatic N) is 2. The minimum atomic E-state index is 0. The van der Waals surface area contributed by atoms with Crippen molar-refractivity contribution >= 4 is 29.9 Å². The molecule has 1 fully saturated rings. The van der Waals surface area contributed by atoms with Gasteiger partial charge in [-0.25, -0.2) is 0 Å². The number of ether oxygens (including phenoxy) is 1. The molecule has 0 spiro atoms. The molecule has 1 unspecified atom stereocenters. The molecule has 0 amide bonds. The lowest BCUT2D eigenvalue weighted by atomic mass is 10.1. The lowest BCUT2D eigenvalue weighted by molar-refractivity contribution is 0.157. The topological polar surface area (TPSA) is 36.9 Å². The number of aliphatic imine (C=N–C) groups is 1. The number of unbranched alkanes of at least 4 members (excludes halogenated alkanes) is 1. The third kappa shape index (κ3) is 5.90. The highest BCUT2D eigenvalue weighted by atomic mass is 127. The first kappa shape index (κ1) is 17.0. The fraction of sp³-hybridized carbons (Fsp3) is 0.917. The molecule has 0 radical (unpaired) electrons. The summed E-state index contributed by atoms with van der Waals surface area (Å²) in [7, 11) is 3.63. The number of methoxy groups -OCH3 is 1. The van der Waals surface area contributed by atoms with Gasteiger partial charge in [-0.15, -0.1) is 24.0 Å². The van der Waals surface area contributed by atoms with Crippen molar-refractivity contribution in [1.29, 1.82) is 0 Å². The van der Waals surface area contributed by atoms with Gasteiger partial charge in [0.25, 0.3) is 0 Å². The van der Waals surface area contributed by atoms with Crippen LogP contribution in [0.3, 0.4) is 0 Å². The molecule has 1 atom stereocenters. The van der Waals surface area contributed by atoms with E-state index in [0.717, 1.165) is 32.2 Å². The van der Waals surface area contributed by atoms with E-state index in [1.54, 1.807) is 7.11 Å². The Bertz CT molecular complexity index is 224. The van der Waals surface area contributed by atoms with Gasteiger partial charge in [0.05, 0.1) is 6.61 Å². The Labute approximate surface area is 122 Å². The van der Waals surface area contributed by atoms with Gasteiger partial charge in [-0.05, 0) is 12.8 Å². The predicted molar refractivity (Wildman–Crippen MR) is 83.2 cm³/mol. The molecule has 0 aromatic heterocycles. The van der Waals surface area contributed by atoms with Gasteiger partial charge in [0, 0.05) is 39.7 Å². The Morgan fingerprint density at radius 1 is 1.53 bits per heavy atom. The fourth-order valence-electron chi connectivity index (χ4n) is 2.11. The zero-order valence-corrected chi connectivity index (χ0v) is 13.6. The lowest BCUT2D eigenvalue weighted by Gasteiger charge is -2.21. The van der Waals surface area contributed by atoms with Crippen LogP contribution in [0.5, 0.6) is 0 Å². The summed E-state index contributed by atoms with van der Waals surface area (Å²) in [5, 5.41) is 3.41. The standard InChI is InChI=1S/C12H25N3O.HI/c1-4-5-7-14-12(13-2)15-8-6-11(9-15)10-16-3;/h11H,4-10H2,1-3H3,(H,13,14);1H. The predicted octanol–water partition coefficient (Wildman–Crippen LogP) is 1.95. The molecule has 0 aromatic rings. The number of hydrogen-bond donors (Lipinski definition) is 1. The van der Waals surface area contributed by atoms with Crippen LogP contribution in [0.1, 0.15) is 26.2 Å². The summed E-state index contributed by atoms with van der Waals surface area (Å²) < 4.78 is 5.20. The van der Waals surface area contributed by atoms with Crippen molar-refractivity contribution in [1.82, 2.24) is 10.2 Å². The molecule has 1 aliphatic rings. The molecule has 0 saturated carbocycles. The van der Waals surface area contributed by atoms with Crippen LogP contribution in [0.4, 0.5) is 0 Å². The molecule has 0 bridgehead atoms. The van der Waals surface area contributed by atoms with Gasteiger partial charge in [0.1, 0.15) is 0 Å². The normalized spacial score (nSPS) is 20.3. The Hall–Kier alpha value is -0.0400.